The molecular weight excluding hydrogens is 196 g/mol. The highest BCUT2D eigenvalue weighted by Crippen LogP contribution is 2.24. The summed E-state index contributed by atoms with van der Waals surface area (Å²) >= 11 is 0. The van der Waals surface area contributed by atoms with Gasteiger partial charge in [0.05, 0.1) is 11.1 Å². The highest BCUT2D eigenvalue weighted by molar-refractivity contribution is 6.08. The number of carbonyl (C=O) groups is 2. The molecule has 1 aromatic rings. The number of hydrogen-bond donors (Lipinski definition) is 2. The molecule has 0 unspecified atom stereocenters. The van der Waals surface area contributed by atoms with Crippen molar-refractivity contribution in [3.05, 3.63) is 29.3 Å². The molecule has 2 N–H and O–H groups in total. The van der Waals surface area contributed by atoms with E-state index in [2.05, 4.69) is 0 Å². The van der Waals surface area contributed by atoms with E-state index in [-0.39, 0.29) is 28.6 Å². The van der Waals surface area contributed by atoms with Crippen molar-refractivity contribution in [3.8, 4) is 5.75 Å². The minimum Gasteiger partial charge on any atom is -0.507 e. The van der Waals surface area contributed by atoms with Gasteiger partial charge in [0.15, 0.2) is 5.78 Å². The Hall–Kier alpha value is -1.84. The molecule has 0 aliphatic rings. The fraction of sp³-hybridized carbons (Fsp3) is 0.273. The first-order valence-corrected chi connectivity index (χ1v) is 4.54. The van der Waals surface area contributed by atoms with Crippen molar-refractivity contribution in [2.24, 2.45) is 5.92 Å². The van der Waals surface area contributed by atoms with Gasteiger partial charge in [0, 0.05) is 5.92 Å². The first-order valence-electron chi connectivity index (χ1n) is 4.54. The van der Waals surface area contributed by atoms with E-state index >= 15 is 0 Å². The maximum atomic E-state index is 11.7. The Morgan fingerprint density at radius 2 is 1.87 bits per heavy atom. The number of aromatic hydroxyl groups is 1. The Kier molecular flexibility index (Phi) is 3.09. The molecule has 80 valence electrons. The van der Waals surface area contributed by atoms with Crippen LogP contribution >= 0.6 is 0 Å². The Morgan fingerprint density at radius 1 is 1.27 bits per heavy atom. The van der Waals surface area contributed by atoms with Crippen molar-refractivity contribution in [3.63, 3.8) is 0 Å². The van der Waals surface area contributed by atoms with E-state index in [0.717, 1.165) is 0 Å². The molecule has 0 radical (unpaired) electrons. The van der Waals surface area contributed by atoms with Gasteiger partial charge in [-0.1, -0.05) is 19.9 Å². The number of rotatable bonds is 3. The van der Waals surface area contributed by atoms with Gasteiger partial charge < -0.3 is 10.2 Å². The van der Waals surface area contributed by atoms with Gasteiger partial charge in [-0.05, 0) is 12.1 Å². The van der Waals surface area contributed by atoms with Gasteiger partial charge in [-0.2, -0.15) is 0 Å². The summed E-state index contributed by atoms with van der Waals surface area (Å²) < 4.78 is 0. The van der Waals surface area contributed by atoms with Crippen molar-refractivity contribution < 1.29 is 19.8 Å². The molecule has 0 aromatic heterocycles. The van der Waals surface area contributed by atoms with Gasteiger partial charge in [-0.3, -0.25) is 4.79 Å². The largest absolute Gasteiger partial charge is 0.507 e. The number of aromatic carboxylic acids is 1. The predicted molar refractivity (Wildman–Crippen MR) is 54.2 cm³/mol. The summed E-state index contributed by atoms with van der Waals surface area (Å²) in [5.41, 5.74) is -0.270. The Labute approximate surface area is 87.2 Å². The fourth-order valence-corrected chi connectivity index (χ4v) is 1.27. The molecule has 0 bridgehead atoms. The number of phenols is 1. The van der Waals surface area contributed by atoms with Crippen LogP contribution in [0.4, 0.5) is 0 Å². The monoisotopic (exact) mass is 208 g/mol. The number of carboxylic acid groups (broad SMARTS) is 1. The second-order valence-electron chi connectivity index (χ2n) is 3.52. The molecule has 0 saturated carbocycles. The van der Waals surface area contributed by atoms with Gasteiger partial charge in [0.2, 0.25) is 0 Å². The lowest BCUT2D eigenvalue weighted by Crippen LogP contribution is -2.13. The van der Waals surface area contributed by atoms with E-state index in [1.807, 2.05) is 0 Å². The van der Waals surface area contributed by atoms with Crippen molar-refractivity contribution in [2.45, 2.75) is 13.8 Å². The lowest BCUT2D eigenvalue weighted by atomic mass is 9.95. The van der Waals surface area contributed by atoms with Crippen LogP contribution < -0.4 is 0 Å². The van der Waals surface area contributed by atoms with Crippen LogP contribution in [0.5, 0.6) is 5.75 Å². The number of hydrogen-bond acceptors (Lipinski definition) is 3. The average molecular weight is 208 g/mol. The van der Waals surface area contributed by atoms with E-state index in [1.165, 1.54) is 18.2 Å². The van der Waals surface area contributed by atoms with Gasteiger partial charge >= 0.3 is 5.97 Å². The molecule has 0 amide bonds. The fourth-order valence-electron chi connectivity index (χ4n) is 1.27. The van der Waals surface area contributed by atoms with Gasteiger partial charge in [0.25, 0.3) is 0 Å². The van der Waals surface area contributed by atoms with Crippen LogP contribution in [0.3, 0.4) is 0 Å². The molecule has 0 atom stereocenters. The zero-order valence-corrected chi connectivity index (χ0v) is 8.52. The number of phenolic OH excluding ortho intramolecular Hbond substituents is 1. The second kappa shape index (κ2) is 4.13. The van der Waals surface area contributed by atoms with Crippen molar-refractivity contribution in [1.29, 1.82) is 0 Å². The van der Waals surface area contributed by atoms with Crippen LogP contribution in [0, 0.1) is 5.92 Å². The molecule has 0 fully saturated rings. The topological polar surface area (TPSA) is 74.6 Å². The van der Waals surface area contributed by atoms with E-state index in [9.17, 15) is 14.7 Å². The molecule has 15 heavy (non-hydrogen) atoms. The highest BCUT2D eigenvalue weighted by atomic mass is 16.4. The first-order chi connectivity index (χ1) is 6.95. The second-order valence-corrected chi connectivity index (χ2v) is 3.52. The number of benzene rings is 1. The summed E-state index contributed by atoms with van der Waals surface area (Å²) in [6, 6.07) is 4.01. The molecule has 0 aliphatic carbocycles. The van der Waals surface area contributed by atoms with E-state index in [4.69, 9.17) is 5.11 Å². The Bertz CT molecular complexity index is 407. The third-order valence-electron chi connectivity index (χ3n) is 2.04. The summed E-state index contributed by atoms with van der Waals surface area (Å²) in [7, 11) is 0. The smallest absolute Gasteiger partial charge is 0.336 e. The van der Waals surface area contributed by atoms with Crippen LogP contribution in [0.15, 0.2) is 18.2 Å². The summed E-state index contributed by atoms with van der Waals surface area (Å²) in [4.78, 5) is 22.5. The van der Waals surface area contributed by atoms with Crippen molar-refractivity contribution in [1.82, 2.24) is 0 Å². The van der Waals surface area contributed by atoms with Crippen LogP contribution in [-0.2, 0) is 0 Å². The highest BCUT2D eigenvalue weighted by Gasteiger charge is 2.22. The lowest BCUT2D eigenvalue weighted by molar-refractivity contribution is 0.0690. The summed E-state index contributed by atoms with van der Waals surface area (Å²) in [6.07, 6.45) is 0. The van der Waals surface area contributed by atoms with Gasteiger partial charge in [-0.15, -0.1) is 0 Å². The maximum Gasteiger partial charge on any atom is 0.336 e. The minimum absolute atomic E-state index is 0.111. The molecule has 0 saturated heterocycles. The van der Waals surface area contributed by atoms with Gasteiger partial charge in [0.1, 0.15) is 5.75 Å². The third-order valence-corrected chi connectivity index (χ3v) is 2.04. The predicted octanol–water partition coefficient (Wildman–Crippen LogP) is 1.93. The normalized spacial score (nSPS) is 10.3. The number of carbonyl (C=O) groups excluding carboxylic acids is 1. The van der Waals surface area contributed by atoms with E-state index < -0.39 is 5.97 Å². The minimum atomic E-state index is -1.21. The Balaban J connectivity index is 3.37. The van der Waals surface area contributed by atoms with Crippen molar-refractivity contribution in [2.75, 3.05) is 0 Å². The van der Waals surface area contributed by atoms with Crippen LogP contribution in [0.2, 0.25) is 0 Å². The summed E-state index contributed by atoms with van der Waals surface area (Å²) in [5, 5.41) is 18.3. The summed E-state index contributed by atoms with van der Waals surface area (Å²) in [5.74, 6) is -2.22. The van der Waals surface area contributed by atoms with E-state index in [1.54, 1.807) is 13.8 Å². The molecule has 1 aromatic carbocycles. The maximum absolute atomic E-state index is 11.7. The SMILES string of the molecule is CC(C)C(=O)c1c(O)cccc1C(=O)O. The van der Waals surface area contributed by atoms with E-state index in [0.29, 0.717) is 0 Å². The zero-order chi connectivity index (χ0) is 11.6. The molecule has 4 nitrogen and oxygen atoms in total. The third kappa shape index (κ3) is 2.15. The molecular formula is C11H12O4. The lowest BCUT2D eigenvalue weighted by Gasteiger charge is -2.09. The van der Waals surface area contributed by atoms with Crippen LogP contribution in [0.25, 0.3) is 0 Å². The number of ketones is 1. The molecule has 0 heterocycles. The zero-order valence-electron chi connectivity index (χ0n) is 8.52. The van der Waals surface area contributed by atoms with Crippen molar-refractivity contribution >= 4 is 11.8 Å². The quantitative estimate of drug-likeness (QED) is 0.744. The van der Waals surface area contributed by atoms with Crippen LogP contribution in [-0.4, -0.2) is 22.0 Å². The standard InChI is InChI=1S/C11H12O4/c1-6(2)10(13)9-7(11(14)15)4-3-5-8(9)12/h3-6,12H,1-2H3,(H,14,15). The molecule has 1 rings (SSSR count). The first kappa shape index (κ1) is 11.2. The molecule has 0 aliphatic heterocycles. The molecule has 4 heteroatoms. The summed E-state index contributed by atoms with van der Waals surface area (Å²) in [6.45, 7) is 3.31. The number of carboxylic acids is 1. The van der Waals surface area contributed by atoms with Crippen LogP contribution in [0.1, 0.15) is 34.6 Å². The average Bonchev–Trinajstić information content (AvgIpc) is 2.16. The molecule has 0 spiro atoms. The number of Topliss-reactive ketones (excluding diaryl/α,β-unsaturated/α-hetero) is 1. The van der Waals surface area contributed by atoms with Gasteiger partial charge in [-0.25, -0.2) is 4.79 Å². The Morgan fingerprint density at radius 3 is 2.33 bits per heavy atom.